The van der Waals surface area contributed by atoms with Crippen LogP contribution in [0.15, 0.2) is 0 Å². The summed E-state index contributed by atoms with van der Waals surface area (Å²) in [4.78, 5) is 9.99. The van der Waals surface area contributed by atoms with Gasteiger partial charge in [-0.05, 0) is 6.92 Å². The second kappa shape index (κ2) is 2.65. The van der Waals surface area contributed by atoms with Gasteiger partial charge >= 0.3 is 0 Å². The maximum absolute atomic E-state index is 9.99. The Bertz CT molecular complexity index is 134. The van der Waals surface area contributed by atoms with Crippen LogP contribution < -0.4 is 0 Å². The molecule has 4 atom stereocenters. The van der Waals surface area contributed by atoms with Crippen LogP contribution in [0.4, 0.5) is 0 Å². The molecule has 0 unspecified atom stereocenters. The molecule has 4 nitrogen and oxygen atoms in total. The van der Waals surface area contributed by atoms with Crippen molar-refractivity contribution in [3.8, 4) is 0 Å². The first-order chi connectivity index (χ1) is 4.66. The van der Waals surface area contributed by atoms with Crippen molar-refractivity contribution < 1.29 is 19.7 Å². The highest BCUT2D eigenvalue weighted by Crippen LogP contribution is 2.24. The minimum absolute atomic E-state index is 0.488. The van der Waals surface area contributed by atoms with Crippen LogP contribution in [0, 0.1) is 0 Å². The summed E-state index contributed by atoms with van der Waals surface area (Å²) < 4.78 is 4.71. The van der Waals surface area contributed by atoms with Gasteiger partial charge < -0.3 is 19.7 Å². The van der Waals surface area contributed by atoms with E-state index < -0.39 is 24.4 Å². The van der Waals surface area contributed by atoms with Crippen molar-refractivity contribution in [1.82, 2.24) is 0 Å². The monoisotopic (exact) mass is 146 g/mol. The molecule has 0 amide bonds. The van der Waals surface area contributed by atoms with Gasteiger partial charge in [0.05, 0.1) is 6.10 Å². The third-order valence-corrected chi connectivity index (χ3v) is 1.53. The highest BCUT2D eigenvalue weighted by Gasteiger charge is 2.45. The Kier molecular flexibility index (Phi) is 2.03. The lowest BCUT2D eigenvalue weighted by Crippen LogP contribution is -2.29. The van der Waals surface area contributed by atoms with Crippen LogP contribution in [0.2, 0.25) is 0 Å². The number of aliphatic hydroxyl groups excluding tert-OH is 2. The second-order valence-electron chi connectivity index (χ2n) is 2.43. The molecule has 1 saturated heterocycles. The molecule has 0 spiro atoms. The van der Waals surface area contributed by atoms with Crippen LogP contribution in [-0.2, 0) is 9.53 Å². The summed E-state index contributed by atoms with van der Waals surface area (Å²) in [5.41, 5.74) is 0. The number of hydrogen-bond donors (Lipinski definition) is 2. The molecular formula is C6H10O4. The zero-order chi connectivity index (χ0) is 7.72. The summed E-state index contributed by atoms with van der Waals surface area (Å²) in [6, 6.07) is 0. The number of epoxide rings is 1. The van der Waals surface area contributed by atoms with E-state index >= 15 is 0 Å². The van der Waals surface area contributed by atoms with Crippen LogP contribution in [0.25, 0.3) is 0 Å². The molecule has 0 bridgehead atoms. The van der Waals surface area contributed by atoms with Crippen molar-refractivity contribution in [3.05, 3.63) is 0 Å². The molecule has 0 aromatic carbocycles. The number of aliphatic hydroxyl groups is 2. The molecule has 1 heterocycles. The fourth-order valence-electron chi connectivity index (χ4n) is 0.795. The predicted molar refractivity (Wildman–Crippen MR) is 32.4 cm³/mol. The van der Waals surface area contributed by atoms with Crippen LogP contribution in [0.1, 0.15) is 6.92 Å². The Hall–Kier alpha value is -0.450. The molecule has 1 fully saturated rings. The number of rotatable bonds is 3. The highest BCUT2D eigenvalue weighted by molar-refractivity contribution is 5.60. The highest BCUT2D eigenvalue weighted by atomic mass is 16.6. The van der Waals surface area contributed by atoms with E-state index in [4.69, 9.17) is 14.9 Å². The summed E-state index contributed by atoms with van der Waals surface area (Å²) >= 11 is 0. The molecular weight excluding hydrogens is 136 g/mol. The van der Waals surface area contributed by atoms with Crippen LogP contribution >= 0.6 is 0 Å². The van der Waals surface area contributed by atoms with Crippen molar-refractivity contribution in [2.45, 2.75) is 31.3 Å². The van der Waals surface area contributed by atoms with E-state index in [1.807, 2.05) is 0 Å². The normalized spacial score (nSPS) is 36.7. The van der Waals surface area contributed by atoms with Gasteiger partial charge in [-0.2, -0.15) is 0 Å². The van der Waals surface area contributed by atoms with Gasteiger partial charge in [-0.3, -0.25) is 0 Å². The third-order valence-electron chi connectivity index (χ3n) is 1.53. The van der Waals surface area contributed by atoms with Crippen molar-refractivity contribution in [1.29, 1.82) is 0 Å². The van der Waals surface area contributed by atoms with Gasteiger partial charge in [-0.25, -0.2) is 0 Å². The Morgan fingerprint density at radius 3 is 2.50 bits per heavy atom. The van der Waals surface area contributed by atoms with E-state index in [0.717, 1.165) is 0 Å². The van der Waals surface area contributed by atoms with Crippen LogP contribution in [-0.4, -0.2) is 40.9 Å². The Labute approximate surface area is 58.4 Å². The van der Waals surface area contributed by atoms with Crippen molar-refractivity contribution in [2.24, 2.45) is 0 Å². The molecule has 58 valence electrons. The van der Waals surface area contributed by atoms with Crippen molar-refractivity contribution >= 4 is 6.29 Å². The van der Waals surface area contributed by atoms with Gasteiger partial charge in [0.25, 0.3) is 0 Å². The lowest BCUT2D eigenvalue weighted by molar-refractivity contribution is -0.108. The molecule has 0 aromatic heterocycles. The average molecular weight is 146 g/mol. The summed E-state index contributed by atoms with van der Waals surface area (Å²) in [6.07, 6.45) is -2.15. The number of hydrogen-bond acceptors (Lipinski definition) is 4. The molecule has 0 saturated carbocycles. The zero-order valence-electron chi connectivity index (χ0n) is 5.60. The van der Waals surface area contributed by atoms with E-state index in [9.17, 15) is 4.79 Å². The molecule has 0 aromatic rings. The summed E-state index contributed by atoms with van der Waals surface area (Å²) in [6.45, 7) is 1.45. The minimum Gasteiger partial charge on any atom is -0.391 e. The van der Waals surface area contributed by atoms with Gasteiger partial charge in [-0.15, -0.1) is 0 Å². The van der Waals surface area contributed by atoms with Gasteiger partial charge in [0.15, 0.2) is 6.29 Å². The summed E-state index contributed by atoms with van der Waals surface area (Å²) in [5.74, 6) is 0. The SMILES string of the molecule is C[C@H](O)[C@H](O)[C@H]1O[C@H]1C=O. The first-order valence-corrected chi connectivity index (χ1v) is 3.13. The predicted octanol–water partition coefficient (Wildman–Crippen LogP) is -1.31. The number of carbonyl (C=O) groups excluding carboxylic acids is 1. The van der Waals surface area contributed by atoms with Crippen molar-refractivity contribution in [2.75, 3.05) is 0 Å². The maximum Gasteiger partial charge on any atom is 0.151 e. The lowest BCUT2D eigenvalue weighted by Gasteiger charge is -2.08. The Morgan fingerprint density at radius 2 is 2.20 bits per heavy atom. The molecule has 1 aliphatic rings. The van der Waals surface area contributed by atoms with E-state index in [1.54, 1.807) is 0 Å². The van der Waals surface area contributed by atoms with E-state index in [-0.39, 0.29) is 0 Å². The fraction of sp³-hybridized carbons (Fsp3) is 0.833. The summed E-state index contributed by atoms with van der Waals surface area (Å²) in [5, 5.41) is 17.8. The molecule has 0 aliphatic carbocycles. The van der Waals surface area contributed by atoms with Gasteiger partial charge in [0.2, 0.25) is 0 Å². The van der Waals surface area contributed by atoms with E-state index in [1.165, 1.54) is 6.92 Å². The second-order valence-corrected chi connectivity index (χ2v) is 2.43. The standard InChI is InChI=1S/C6H10O4/c1-3(8)5(9)6-4(2-7)10-6/h2-6,8-9H,1H3/t3-,4-,5-,6-/m0/s1. The lowest BCUT2D eigenvalue weighted by atomic mass is 10.1. The minimum atomic E-state index is -0.935. The first-order valence-electron chi connectivity index (χ1n) is 3.13. The molecule has 10 heavy (non-hydrogen) atoms. The smallest absolute Gasteiger partial charge is 0.151 e. The average Bonchev–Trinajstić information content (AvgIpc) is 2.64. The van der Waals surface area contributed by atoms with Crippen molar-refractivity contribution in [3.63, 3.8) is 0 Å². The molecule has 1 rings (SSSR count). The topological polar surface area (TPSA) is 70.1 Å². The molecule has 2 N–H and O–H groups in total. The van der Waals surface area contributed by atoms with Gasteiger partial charge in [0, 0.05) is 0 Å². The van der Waals surface area contributed by atoms with E-state index in [0.29, 0.717) is 6.29 Å². The quantitative estimate of drug-likeness (QED) is 0.383. The number of ether oxygens (including phenoxy) is 1. The Balaban J connectivity index is 2.32. The maximum atomic E-state index is 9.99. The molecule has 4 heteroatoms. The third kappa shape index (κ3) is 1.34. The largest absolute Gasteiger partial charge is 0.391 e. The number of aldehydes is 1. The van der Waals surface area contributed by atoms with Crippen LogP contribution in [0.3, 0.4) is 0 Å². The summed E-state index contributed by atoms with van der Waals surface area (Å²) in [7, 11) is 0. The number of carbonyl (C=O) groups is 1. The first kappa shape index (κ1) is 7.65. The van der Waals surface area contributed by atoms with Gasteiger partial charge in [0.1, 0.15) is 18.3 Å². The molecule has 0 radical (unpaired) electrons. The van der Waals surface area contributed by atoms with Gasteiger partial charge in [-0.1, -0.05) is 0 Å². The van der Waals surface area contributed by atoms with E-state index in [2.05, 4.69) is 0 Å². The Morgan fingerprint density at radius 1 is 1.60 bits per heavy atom. The van der Waals surface area contributed by atoms with Crippen LogP contribution in [0.5, 0.6) is 0 Å². The fourth-order valence-corrected chi connectivity index (χ4v) is 0.795. The zero-order valence-corrected chi connectivity index (χ0v) is 5.60. The molecule has 1 aliphatic heterocycles.